The molecule has 0 aliphatic carbocycles. The van der Waals surface area contributed by atoms with E-state index in [-0.39, 0.29) is 11.9 Å². The second kappa shape index (κ2) is 11.7. The summed E-state index contributed by atoms with van der Waals surface area (Å²) in [6.07, 6.45) is 1.79. The van der Waals surface area contributed by atoms with Crippen LogP contribution in [0.2, 0.25) is 10.0 Å². The van der Waals surface area contributed by atoms with Crippen LogP contribution in [-0.4, -0.2) is 81.1 Å². The van der Waals surface area contributed by atoms with Crippen molar-refractivity contribution >= 4 is 39.1 Å². The van der Waals surface area contributed by atoms with Crippen molar-refractivity contribution in [1.29, 1.82) is 0 Å². The molecule has 0 radical (unpaired) electrons. The van der Waals surface area contributed by atoms with Gasteiger partial charge in [0.25, 0.3) is 0 Å². The van der Waals surface area contributed by atoms with Gasteiger partial charge in [-0.2, -0.15) is 4.31 Å². The third-order valence-corrected chi connectivity index (χ3v) is 9.07. The zero-order valence-electron chi connectivity index (χ0n) is 21.5. The number of amides is 1. The smallest absolute Gasteiger partial charge is 0.233 e. The van der Waals surface area contributed by atoms with Gasteiger partial charge in [0.15, 0.2) is 0 Å². The van der Waals surface area contributed by atoms with Crippen LogP contribution in [-0.2, 0) is 26.8 Å². The Labute approximate surface area is 225 Å². The maximum Gasteiger partial charge on any atom is 0.233 e. The van der Waals surface area contributed by atoms with E-state index < -0.39 is 15.4 Å². The summed E-state index contributed by atoms with van der Waals surface area (Å²) in [5.74, 6) is 0.703. The van der Waals surface area contributed by atoms with Gasteiger partial charge >= 0.3 is 0 Å². The van der Waals surface area contributed by atoms with E-state index in [1.807, 2.05) is 44.2 Å². The van der Waals surface area contributed by atoms with Crippen LogP contribution in [0.25, 0.3) is 0 Å². The van der Waals surface area contributed by atoms with E-state index in [9.17, 15) is 13.2 Å². The minimum absolute atomic E-state index is 0.0356. The van der Waals surface area contributed by atoms with Gasteiger partial charge in [-0.15, -0.1) is 0 Å². The van der Waals surface area contributed by atoms with E-state index in [2.05, 4.69) is 4.90 Å². The first-order valence-electron chi connectivity index (χ1n) is 11.9. The molecule has 7 nitrogen and oxygen atoms in total. The number of carbonyl (C=O) groups excluding carboxylic acids is 1. The average Bonchev–Trinajstić information content (AvgIpc) is 2.83. The van der Waals surface area contributed by atoms with Crippen LogP contribution in [0, 0.1) is 0 Å². The largest absolute Gasteiger partial charge is 0.497 e. The summed E-state index contributed by atoms with van der Waals surface area (Å²) in [4.78, 5) is 17.9. The maximum absolute atomic E-state index is 14.0. The fraction of sp³-hybridized carbons (Fsp3) is 0.500. The number of rotatable bonds is 9. The van der Waals surface area contributed by atoms with E-state index in [4.69, 9.17) is 27.9 Å². The lowest BCUT2D eigenvalue weighted by Gasteiger charge is -2.40. The van der Waals surface area contributed by atoms with Crippen molar-refractivity contribution in [2.24, 2.45) is 0 Å². The Kier molecular flexibility index (Phi) is 9.33. The van der Waals surface area contributed by atoms with Gasteiger partial charge in [-0.3, -0.25) is 4.79 Å². The van der Waals surface area contributed by atoms with Crippen molar-refractivity contribution in [2.45, 2.75) is 38.3 Å². The first-order chi connectivity index (χ1) is 16.8. The molecule has 0 spiro atoms. The highest BCUT2D eigenvalue weighted by atomic mass is 35.5. The van der Waals surface area contributed by atoms with Crippen LogP contribution >= 0.6 is 23.2 Å². The summed E-state index contributed by atoms with van der Waals surface area (Å²) in [5.41, 5.74) is 0.897. The molecule has 0 N–H and O–H groups in total. The predicted molar refractivity (Wildman–Crippen MR) is 145 cm³/mol. The quantitative estimate of drug-likeness (QED) is 0.462. The molecule has 2 aromatic carbocycles. The SMILES string of the molecule is COc1cccc(CN(C)C(=O)C(C)(CCN2CCN(S(C)(=O)=O)C(C)C2)c2ccc(Cl)c(Cl)c2)c1. The Morgan fingerprint density at radius 1 is 1.17 bits per heavy atom. The lowest BCUT2D eigenvalue weighted by Crippen LogP contribution is -2.54. The van der Waals surface area contributed by atoms with Crippen LogP contribution in [0.3, 0.4) is 0 Å². The van der Waals surface area contributed by atoms with Crippen LogP contribution in [0.5, 0.6) is 5.75 Å². The van der Waals surface area contributed by atoms with Crippen LogP contribution in [0.1, 0.15) is 31.4 Å². The predicted octanol–water partition coefficient (Wildman–Crippen LogP) is 4.27. The Morgan fingerprint density at radius 3 is 2.50 bits per heavy atom. The molecular weight excluding hydrogens is 521 g/mol. The van der Waals surface area contributed by atoms with E-state index >= 15 is 0 Å². The molecule has 0 saturated carbocycles. The number of hydrogen-bond donors (Lipinski definition) is 0. The van der Waals surface area contributed by atoms with E-state index in [1.54, 1.807) is 31.2 Å². The third-order valence-electron chi connectivity index (χ3n) is 6.93. The summed E-state index contributed by atoms with van der Waals surface area (Å²) >= 11 is 12.5. The van der Waals surface area contributed by atoms with Gasteiger partial charge in [0.1, 0.15) is 5.75 Å². The molecular formula is C26H35Cl2N3O4S. The zero-order valence-corrected chi connectivity index (χ0v) is 23.8. The summed E-state index contributed by atoms with van der Waals surface area (Å²) in [6.45, 7) is 6.58. The third kappa shape index (κ3) is 6.72. The molecule has 2 atom stereocenters. The number of ether oxygens (including phenoxy) is 1. The van der Waals surface area contributed by atoms with Gasteiger partial charge in [0.05, 0.1) is 28.8 Å². The number of piperazine rings is 1. The Morgan fingerprint density at radius 2 is 1.89 bits per heavy atom. The number of likely N-dealkylation sites (N-methyl/N-ethyl adjacent to an activating group) is 1. The fourth-order valence-corrected chi connectivity index (χ4v) is 6.28. The van der Waals surface area contributed by atoms with Gasteiger partial charge < -0.3 is 14.5 Å². The number of halogens is 2. The summed E-state index contributed by atoms with van der Waals surface area (Å²) in [6, 6.07) is 12.9. The minimum Gasteiger partial charge on any atom is -0.497 e. The molecule has 10 heteroatoms. The van der Waals surface area contributed by atoms with Gasteiger partial charge in [0.2, 0.25) is 15.9 Å². The van der Waals surface area contributed by atoms with Crippen LogP contribution in [0.15, 0.2) is 42.5 Å². The maximum atomic E-state index is 14.0. The summed E-state index contributed by atoms with van der Waals surface area (Å²) in [7, 11) is 0.170. The molecule has 198 valence electrons. The number of hydrogen-bond acceptors (Lipinski definition) is 5. The highest BCUT2D eigenvalue weighted by Gasteiger charge is 2.39. The minimum atomic E-state index is -3.24. The molecule has 0 bridgehead atoms. The van der Waals surface area contributed by atoms with E-state index in [0.717, 1.165) is 16.9 Å². The molecule has 1 aliphatic heterocycles. The highest BCUT2D eigenvalue weighted by Crippen LogP contribution is 2.35. The van der Waals surface area contributed by atoms with Crippen molar-refractivity contribution in [1.82, 2.24) is 14.1 Å². The molecule has 1 heterocycles. The summed E-state index contributed by atoms with van der Waals surface area (Å²) in [5, 5.41) is 0.838. The fourth-order valence-electron chi connectivity index (χ4n) is 4.85. The molecule has 36 heavy (non-hydrogen) atoms. The molecule has 0 aromatic heterocycles. The average molecular weight is 557 g/mol. The molecule has 2 aromatic rings. The Bertz CT molecular complexity index is 1190. The molecule has 2 unspecified atom stereocenters. The topological polar surface area (TPSA) is 70.2 Å². The van der Waals surface area contributed by atoms with Gasteiger partial charge in [0, 0.05) is 39.3 Å². The van der Waals surface area contributed by atoms with Crippen molar-refractivity contribution in [3.05, 3.63) is 63.6 Å². The monoisotopic (exact) mass is 555 g/mol. The summed E-state index contributed by atoms with van der Waals surface area (Å²) < 4.78 is 31.0. The second-order valence-corrected chi connectivity index (χ2v) is 12.5. The van der Waals surface area contributed by atoms with Gasteiger partial charge in [-0.25, -0.2) is 8.42 Å². The first kappa shape index (κ1) is 28.7. The number of benzene rings is 2. The van der Waals surface area contributed by atoms with E-state index in [1.165, 1.54) is 10.6 Å². The standard InChI is InChI=1S/C26H35Cl2N3O4S/c1-19-17-30(13-14-31(19)36(5,33)34)12-11-26(2,21-9-10-23(27)24(28)16-21)25(32)29(3)18-20-7-6-8-22(15-20)35-4/h6-10,15-16,19H,11-14,17-18H2,1-5H3. The Balaban J connectivity index is 1.82. The lowest BCUT2D eigenvalue weighted by molar-refractivity contribution is -0.136. The number of nitrogens with zero attached hydrogens (tertiary/aromatic N) is 3. The van der Waals surface area contributed by atoms with E-state index in [0.29, 0.717) is 49.2 Å². The normalized spacial score (nSPS) is 19.0. The van der Waals surface area contributed by atoms with Crippen molar-refractivity contribution in [3.8, 4) is 5.75 Å². The molecule has 1 fully saturated rings. The lowest BCUT2D eigenvalue weighted by atomic mass is 9.77. The highest BCUT2D eigenvalue weighted by molar-refractivity contribution is 7.88. The van der Waals surface area contributed by atoms with Crippen LogP contribution < -0.4 is 4.74 Å². The number of carbonyl (C=O) groups is 1. The van der Waals surface area contributed by atoms with Crippen molar-refractivity contribution in [2.75, 3.05) is 46.6 Å². The van der Waals surface area contributed by atoms with Gasteiger partial charge in [-0.05, 0) is 62.2 Å². The first-order valence-corrected chi connectivity index (χ1v) is 14.5. The molecule has 3 rings (SSSR count). The second-order valence-electron chi connectivity index (χ2n) is 9.75. The van der Waals surface area contributed by atoms with Crippen molar-refractivity contribution < 1.29 is 17.9 Å². The zero-order chi connectivity index (χ0) is 26.7. The van der Waals surface area contributed by atoms with Crippen LogP contribution in [0.4, 0.5) is 0 Å². The van der Waals surface area contributed by atoms with Gasteiger partial charge in [-0.1, -0.05) is 41.4 Å². The molecule has 1 aliphatic rings. The number of methoxy groups -OCH3 is 1. The molecule has 1 saturated heterocycles. The Hall–Kier alpha value is -1.84. The van der Waals surface area contributed by atoms with Crippen molar-refractivity contribution in [3.63, 3.8) is 0 Å². The number of sulfonamides is 1. The molecule has 1 amide bonds.